The summed E-state index contributed by atoms with van der Waals surface area (Å²) in [4.78, 5) is 56.4. The molecule has 0 radical (unpaired) electrons. The number of nitrogens with zero attached hydrogens (tertiary/aromatic N) is 1. The van der Waals surface area contributed by atoms with E-state index in [0.29, 0.717) is 31.2 Å². The molecule has 1 heterocycles. The van der Waals surface area contributed by atoms with Crippen molar-refractivity contribution in [1.29, 1.82) is 0 Å². The molecule has 0 aliphatic heterocycles. The number of hydrogen-bond acceptors (Lipinski definition) is 7. The molecule has 41 heavy (non-hydrogen) atoms. The van der Waals surface area contributed by atoms with Crippen molar-refractivity contribution >= 4 is 35.3 Å². The van der Waals surface area contributed by atoms with Gasteiger partial charge in [0.25, 0.3) is 0 Å². The van der Waals surface area contributed by atoms with Gasteiger partial charge in [-0.3, -0.25) is 24.2 Å². The van der Waals surface area contributed by atoms with Gasteiger partial charge < -0.3 is 21.7 Å². The minimum Gasteiger partial charge on any atom is -0.357 e. The average molecular weight is 584 g/mol. The van der Waals surface area contributed by atoms with E-state index in [1.165, 1.54) is 18.8 Å². The molecular weight excluding hydrogens is 538 g/mol. The van der Waals surface area contributed by atoms with E-state index in [1.54, 1.807) is 24.5 Å². The molecule has 4 atom stereocenters. The van der Waals surface area contributed by atoms with Crippen LogP contribution in [0.5, 0.6) is 0 Å². The van der Waals surface area contributed by atoms with Crippen molar-refractivity contribution in [2.24, 2.45) is 11.7 Å². The van der Waals surface area contributed by atoms with Crippen molar-refractivity contribution < 1.29 is 19.2 Å². The standard InChI is InChI=1S/C31H45N5O4S/c1-20(2)18-24(29(39)35-25(28(38)33-6)19-21-10-8-7-9-11-21)36-30(40)26(41-31(3,4)5)13-12-23(32)27(37)22-14-16-34-17-15-22/h7-11,14-17,20,23-26H,12-13,18-19,32H2,1-6H3,(H,33,38)(H,35,39)(H,36,40)/t23?,24-,25-,26?/m0/s1. The van der Waals surface area contributed by atoms with Crippen LogP contribution in [0, 0.1) is 5.92 Å². The lowest BCUT2D eigenvalue weighted by molar-refractivity contribution is -0.132. The molecule has 10 heteroatoms. The maximum Gasteiger partial charge on any atom is 0.243 e. The zero-order valence-corrected chi connectivity index (χ0v) is 25.8. The lowest BCUT2D eigenvalue weighted by Gasteiger charge is -2.29. The van der Waals surface area contributed by atoms with Gasteiger partial charge in [-0.05, 0) is 42.9 Å². The highest BCUT2D eigenvalue weighted by Gasteiger charge is 2.32. The van der Waals surface area contributed by atoms with E-state index >= 15 is 0 Å². The zero-order chi connectivity index (χ0) is 30.6. The molecule has 0 saturated heterocycles. The van der Waals surface area contributed by atoms with Gasteiger partial charge in [-0.2, -0.15) is 0 Å². The smallest absolute Gasteiger partial charge is 0.243 e. The van der Waals surface area contributed by atoms with Crippen molar-refractivity contribution in [3.05, 3.63) is 66.0 Å². The minimum atomic E-state index is -0.833. The van der Waals surface area contributed by atoms with Gasteiger partial charge in [0.2, 0.25) is 17.7 Å². The molecule has 2 aromatic rings. The topological polar surface area (TPSA) is 143 Å². The summed E-state index contributed by atoms with van der Waals surface area (Å²) in [6.07, 6.45) is 4.47. The first-order valence-electron chi connectivity index (χ1n) is 14.0. The Kier molecular flexibility index (Phi) is 13.5. The van der Waals surface area contributed by atoms with E-state index in [0.717, 1.165) is 5.56 Å². The number of hydrogen-bond donors (Lipinski definition) is 4. The normalized spacial score (nSPS) is 14.4. The lowest BCUT2D eigenvalue weighted by Crippen LogP contribution is -2.55. The fourth-order valence-corrected chi connectivity index (χ4v) is 5.62. The minimum absolute atomic E-state index is 0.110. The molecule has 2 unspecified atom stereocenters. The highest BCUT2D eigenvalue weighted by molar-refractivity contribution is 8.01. The number of aromatic nitrogens is 1. The van der Waals surface area contributed by atoms with Crippen molar-refractivity contribution in [1.82, 2.24) is 20.9 Å². The van der Waals surface area contributed by atoms with Gasteiger partial charge in [0, 0.05) is 36.2 Å². The Morgan fingerprint density at radius 3 is 2.05 bits per heavy atom. The fraction of sp³-hybridized carbons (Fsp3) is 0.516. The predicted molar refractivity (Wildman–Crippen MR) is 164 cm³/mol. The third kappa shape index (κ3) is 12.0. The molecule has 0 aliphatic rings. The molecule has 5 N–H and O–H groups in total. The summed E-state index contributed by atoms with van der Waals surface area (Å²) in [7, 11) is 1.53. The molecular formula is C31H45N5O4S. The molecule has 3 amide bonds. The fourth-order valence-electron chi connectivity index (χ4n) is 4.34. The number of benzene rings is 1. The van der Waals surface area contributed by atoms with Gasteiger partial charge in [-0.15, -0.1) is 11.8 Å². The van der Waals surface area contributed by atoms with Gasteiger partial charge in [0.05, 0.1) is 11.3 Å². The Hall–Kier alpha value is -3.24. The number of ketones is 1. The Balaban J connectivity index is 2.16. The summed E-state index contributed by atoms with van der Waals surface area (Å²) in [5.74, 6) is -1.12. The molecule has 0 saturated carbocycles. The number of carbonyl (C=O) groups is 4. The van der Waals surface area contributed by atoms with Gasteiger partial charge in [-0.1, -0.05) is 65.0 Å². The summed E-state index contributed by atoms with van der Waals surface area (Å²) in [6, 6.07) is 10.3. The third-order valence-electron chi connectivity index (χ3n) is 6.33. The number of thioether (sulfide) groups is 1. The van der Waals surface area contributed by atoms with Crippen LogP contribution in [0.4, 0.5) is 0 Å². The zero-order valence-electron chi connectivity index (χ0n) is 25.0. The molecule has 1 aromatic carbocycles. The van der Waals surface area contributed by atoms with Crippen molar-refractivity contribution in [3.8, 4) is 0 Å². The summed E-state index contributed by atoms with van der Waals surface area (Å²) >= 11 is 1.47. The van der Waals surface area contributed by atoms with Gasteiger partial charge >= 0.3 is 0 Å². The number of amides is 3. The van der Waals surface area contributed by atoms with Crippen LogP contribution < -0.4 is 21.7 Å². The van der Waals surface area contributed by atoms with Crippen LogP contribution in [-0.2, 0) is 20.8 Å². The van der Waals surface area contributed by atoms with E-state index in [9.17, 15) is 19.2 Å². The first-order chi connectivity index (χ1) is 19.3. The van der Waals surface area contributed by atoms with E-state index in [4.69, 9.17) is 5.73 Å². The van der Waals surface area contributed by atoms with Crippen LogP contribution in [0.2, 0.25) is 0 Å². The number of carbonyl (C=O) groups excluding carboxylic acids is 4. The molecule has 2 rings (SSSR count). The molecule has 9 nitrogen and oxygen atoms in total. The summed E-state index contributed by atoms with van der Waals surface area (Å²) < 4.78 is -0.253. The molecule has 0 spiro atoms. The SMILES string of the molecule is CNC(=O)[C@H](Cc1ccccc1)NC(=O)[C@H](CC(C)C)NC(=O)C(CCC(N)C(=O)c1ccncc1)SC(C)(C)C. The number of pyridine rings is 1. The molecule has 0 bridgehead atoms. The summed E-state index contributed by atoms with van der Waals surface area (Å²) in [5.41, 5.74) is 7.61. The van der Waals surface area contributed by atoms with Crippen molar-refractivity contribution in [3.63, 3.8) is 0 Å². The van der Waals surface area contributed by atoms with Crippen LogP contribution in [0.1, 0.15) is 69.8 Å². The average Bonchev–Trinajstić information content (AvgIpc) is 2.93. The number of rotatable bonds is 15. The Bertz CT molecular complexity index is 1140. The molecule has 0 aliphatic carbocycles. The largest absolute Gasteiger partial charge is 0.357 e. The lowest BCUT2D eigenvalue weighted by atomic mass is 9.99. The molecule has 224 valence electrons. The van der Waals surface area contributed by atoms with Crippen LogP contribution in [0.15, 0.2) is 54.9 Å². The van der Waals surface area contributed by atoms with Gasteiger partial charge in [0.1, 0.15) is 12.1 Å². The van der Waals surface area contributed by atoms with Crippen LogP contribution in [0.3, 0.4) is 0 Å². The Morgan fingerprint density at radius 1 is 0.878 bits per heavy atom. The third-order valence-corrected chi connectivity index (χ3v) is 7.77. The van der Waals surface area contributed by atoms with E-state index < -0.39 is 29.3 Å². The van der Waals surface area contributed by atoms with Crippen molar-refractivity contribution in [2.45, 2.75) is 88.4 Å². The van der Waals surface area contributed by atoms with E-state index in [2.05, 4.69) is 20.9 Å². The number of likely N-dealkylation sites (N-methyl/N-ethyl adjacent to an activating group) is 1. The maximum atomic E-state index is 13.6. The maximum absolute atomic E-state index is 13.6. The first kappa shape index (κ1) is 34.0. The monoisotopic (exact) mass is 583 g/mol. The summed E-state index contributed by atoms with van der Waals surface area (Å²) in [5, 5.41) is 7.88. The number of nitrogens with two attached hydrogens (primary N) is 1. The van der Waals surface area contributed by atoms with E-state index in [-0.39, 0.29) is 28.3 Å². The van der Waals surface area contributed by atoms with E-state index in [1.807, 2.05) is 65.0 Å². The quantitative estimate of drug-likeness (QED) is 0.236. The Labute approximate surface area is 248 Å². The van der Waals surface area contributed by atoms with Gasteiger partial charge in [0.15, 0.2) is 5.78 Å². The predicted octanol–water partition coefficient (Wildman–Crippen LogP) is 3.28. The first-order valence-corrected chi connectivity index (χ1v) is 14.9. The second kappa shape index (κ2) is 16.3. The number of nitrogens with one attached hydrogen (secondary N) is 3. The molecule has 1 aromatic heterocycles. The Morgan fingerprint density at radius 2 is 1.49 bits per heavy atom. The van der Waals surface area contributed by atoms with Crippen LogP contribution in [0.25, 0.3) is 0 Å². The van der Waals surface area contributed by atoms with Crippen molar-refractivity contribution in [2.75, 3.05) is 7.05 Å². The summed E-state index contributed by atoms with van der Waals surface area (Å²) in [6.45, 7) is 9.97. The highest BCUT2D eigenvalue weighted by Crippen LogP contribution is 2.31. The second-order valence-corrected chi connectivity index (χ2v) is 13.6. The number of Topliss-reactive ketones (excluding diaryl/α,β-unsaturated/α-hetero) is 1. The van der Waals surface area contributed by atoms with Crippen LogP contribution in [-0.4, -0.2) is 63.7 Å². The second-order valence-electron chi connectivity index (χ2n) is 11.6. The molecule has 0 fully saturated rings. The van der Waals surface area contributed by atoms with Gasteiger partial charge in [-0.25, -0.2) is 0 Å². The highest BCUT2D eigenvalue weighted by atomic mass is 32.2. The van der Waals surface area contributed by atoms with Crippen LogP contribution >= 0.6 is 11.8 Å².